The van der Waals surface area contributed by atoms with E-state index in [0.29, 0.717) is 5.75 Å². The first-order valence-corrected chi connectivity index (χ1v) is 10.9. The molecule has 2 aromatic heterocycles. The molecular weight excluding hydrogens is 350 g/mol. The summed E-state index contributed by atoms with van der Waals surface area (Å²) in [6.45, 7) is 10.6. The number of aryl methyl sites for hydroxylation is 1. The van der Waals surface area contributed by atoms with Crippen molar-refractivity contribution in [2.45, 2.75) is 71.0 Å². The van der Waals surface area contributed by atoms with Crippen LogP contribution in [0.5, 0.6) is 0 Å². The number of fused-ring (bicyclic) bond motifs is 3. The van der Waals surface area contributed by atoms with Gasteiger partial charge in [0.25, 0.3) is 0 Å². The Hall–Kier alpha value is -1.14. The van der Waals surface area contributed by atoms with E-state index in [0.717, 1.165) is 28.6 Å². The summed E-state index contributed by atoms with van der Waals surface area (Å²) >= 11 is 3.37. The molecule has 3 rings (SSSR count). The van der Waals surface area contributed by atoms with Crippen LogP contribution in [0.4, 0.5) is 0 Å². The highest BCUT2D eigenvalue weighted by molar-refractivity contribution is 8.00. The van der Waals surface area contributed by atoms with E-state index in [4.69, 9.17) is 0 Å². The summed E-state index contributed by atoms with van der Waals surface area (Å²) in [5.41, 5.74) is 1.43. The fourth-order valence-electron chi connectivity index (χ4n) is 3.73. The van der Waals surface area contributed by atoms with Crippen LogP contribution in [0.1, 0.15) is 51.5 Å². The number of nitrogens with zero attached hydrogens (tertiary/aromatic N) is 3. The van der Waals surface area contributed by atoms with Gasteiger partial charge in [0.2, 0.25) is 5.91 Å². The standard InChI is InChI=1S/C19H27N3OS2/c1-11(2)22(12(3)4)16(23)9-24-18-17-14-7-6-13(5)8-15(14)25-19(17)21-10-20-18/h10-13H,6-9H2,1-5H3/t13-/m0/s1. The number of thioether (sulfide) groups is 1. The van der Waals surface area contributed by atoms with Crippen LogP contribution in [0, 0.1) is 5.92 Å². The Morgan fingerprint density at radius 1 is 1.32 bits per heavy atom. The monoisotopic (exact) mass is 377 g/mol. The summed E-state index contributed by atoms with van der Waals surface area (Å²) in [5, 5.41) is 2.17. The third-order valence-electron chi connectivity index (χ3n) is 4.79. The first kappa shape index (κ1) is 18.6. The molecule has 4 nitrogen and oxygen atoms in total. The lowest BCUT2D eigenvalue weighted by Gasteiger charge is -2.30. The highest BCUT2D eigenvalue weighted by Crippen LogP contribution is 2.40. The van der Waals surface area contributed by atoms with Crippen LogP contribution in [0.3, 0.4) is 0 Å². The molecule has 1 atom stereocenters. The van der Waals surface area contributed by atoms with E-state index < -0.39 is 0 Å². The van der Waals surface area contributed by atoms with Gasteiger partial charge in [0.1, 0.15) is 16.2 Å². The second-order valence-corrected chi connectivity index (χ2v) is 9.54. The second kappa shape index (κ2) is 7.62. The molecule has 0 radical (unpaired) electrons. The van der Waals surface area contributed by atoms with Gasteiger partial charge in [0.05, 0.1) is 5.75 Å². The van der Waals surface area contributed by atoms with E-state index in [-0.39, 0.29) is 18.0 Å². The molecule has 0 saturated heterocycles. The van der Waals surface area contributed by atoms with Crippen LogP contribution in [-0.2, 0) is 17.6 Å². The highest BCUT2D eigenvalue weighted by Gasteiger charge is 2.25. The Morgan fingerprint density at radius 3 is 2.72 bits per heavy atom. The lowest BCUT2D eigenvalue weighted by atomic mass is 9.89. The Morgan fingerprint density at radius 2 is 2.04 bits per heavy atom. The Bertz CT molecular complexity index is 761. The Balaban J connectivity index is 1.84. The summed E-state index contributed by atoms with van der Waals surface area (Å²) in [6.07, 6.45) is 5.12. The van der Waals surface area contributed by atoms with Crippen molar-refractivity contribution in [3.05, 3.63) is 16.8 Å². The van der Waals surface area contributed by atoms with Gasteiger partial charge in [-0.15, -0.1) is 11.3 Å². The average Bonchev–Trinajstić information content (AvgIpc) is 2.89. The number of hydrogen-bond acceptors (Lipinski definition) is 5. The summed E-state index contributed by atoms with van der Waals surface area (Å²) in [7, 11) is 0. The maximum absolute atomic E-state index is 12.7. The van der Waals surface area contributed by atoms with Crippen molar-refractivity contribution in [1.82, 2.24) is 14.9 Å². The largest absolute Gasteiger partial charge is 0.337 e. The fourth-order valence-corrected chi connectivity index (χ4v) is 6.04. The third kappa shape index (κ3) is 3.85. The summed E-state index contributed by atoms with van der Waals surface area (Å²) < 4.78 is 0. The van der Waals surface area contributed by atoms with Gasteiger partial charge >= 0.3 is 0 Å². The molecule has 25 heavy (non-hydrogen) atoms. The molecule has 0 bridgehead atoms. The van der Waals surface area contributed by atoms with Crippen LogP contribution in [0.15, 0.2) is 11.4 Å². The van der Waals surface area contributed by atoms with Gasteiger partial charge in [-0.2, -0.15) is 0 Å². The predicted molar refractivity (Wildman–Crippen MR) is 106 cm³/mol. The smallest absolute Gasteiger partial charge is 0.233 e. The van der Waals surface area contributed by atoms with Gasteiger partial charge in [-0.05, 0) is 58.4 Å². The molecule has 2 heterocycles. The molecule has 1 aliphatic carbocycles. The van der Waals surface area contributed by atoms with Crippen molar-refractivity contribution >= 4 is 39.2 Å². The van der Waals surface area contributed by atoms with E-state index in [1.54, 1.807) is 18.1 Å². The molecule has 0 saturated carbocycles. The third-order valence-corrected chi connectivity index (χ3v) is 6.93. The Labute approximate surface area is 158 Å². The second-order valence-electron chi connectivity index (χ2n) is 7.49. The molecule has 2 aromatic rings. The highest BCUT2D eigenvalue weighted by atomic mass is 32.2. The van der Waals surface area contributed by atoms with E-state index >= 15 is 0 Å². The zero-order chi connectivity index (χ0) is 18.1. The predicted octanol–water partition coefficient (Wildman–Crippen LogP) is 4.55. The van der Waals surface area contributed by atoms with Gasteiger partial charge in [0.15, 0.2) is 0 Å². The summed E-state index contributed by atoms with van der Waals surface area (Å²) in [5.74, 6) is 1.36. The molecular formula is C19H27N3OS2. The molecule has 0 aromatic carbocycles. The van der Waals surface area contributed by atoms with Crippen molar-refractivity contribution in [1.29, 1.82) is 0 Å². The molecule has 6 heteroatoms. The molecule has 0 unspecified atom stereocenters. The van der Waals surface area contributed by atoms with Crippen LogP contribution in [0.2, 0.25) is 0 Å². The molecule has 0 spiro atoms. The molecule has 1 amide bonds. The SMILES string of the molecule is CC(C)N(C(=O)CSc1ncnc2sc3c(c12)CC[C@H](C)C3)C(C)C. The minimum atomic E-state index is 0.180. The number of hydrogen-bond donors (Lipinski definition) is 0. The van der Waals surface area contributed by atoms with Crippen LogP contribution >= 0.6 is 23.1 Å². The number of carbonyl (C=O) groups is 1. The maximum atomic E-state index is 12.7. The number of rotatable bonds is 5. The fraction of sp³-hybridized carbons (Fsp3) is 0.632. The molecule has 0 fully saturated rings. The lowest BCUT2D eigenvalue weighted by molar-refractivity contribution is -0.131. The van der Waals surface area contributed by atoms with E-state index in [1.807, 2.05) is 16.2 Å². The van der Waals surface area contributed by atoms with Crippen molar-refractivity contribution < 1.29 is 4.79 Å². The zero-order valence-electron chi connectivity index (χ0n) is 15.7. The molecule has 0 N–H and O–H groups in total. The number of thiophene rings is 1. The van der Waals surface area contributed by atoms with Crippen molar-refractivity contribution in [3.8, 4) is 0 Å². The van der Waals surface area contributed by atoms with Crippen molar-refractivity contribution in [2.24, 2.45) is 5.92 Å². The first-order chi connectivity index (χ1) is 11.9. The number of carbonyl (C=O) groups excluding carboxylic acids is 1. The topological polar surface area (TPSA) is 46.1 Å². The van der Waals surface area contributed by atoms with E-state index in [1.165, 1.54) is 22.2 Å². The molecule has 136 valence electrons. The lowest BCUT2D eigenvalue weighted by Crippen LogP contribution is -2.43. The normalized spacial score (nSPS) is 17.3. The minimum absolute atomic E-state index is 0.180. The van der Waals surface area contributed by atoms with Gasteiger partial charge < -0.3 is 4.90 Å². The minimum Gasteiger partial charge on any atom is -0.337 e. The maximum Gasteiger partial charge on any atom is 0.233 e. The Kier molecular flexibility index (Phi) is 5.68. The molecule has 0 aliphatic heterocycles. The average molecular weight is 378 g/mol. The van der Waals surface area contributed by atoms with Gasteiger partial charge in [-0.1, -0.05) is 18.7 Å². The number of aromatic nitrogens is 2. The number of amides is 1. The molecule has 1 aliphatic rings. The summed E-state index contributed by atoms with van der Waals surface area (Å²) in [6, 6.07) is 0.433. The van der Waals surface area contributed by atoms with Gasteiger partial charge in [-0.3, -0.25) is 4.79 Å². The van der Waals surface area contributed by atoms with Crippen LogP contribution < -0.4 is 0 Å². The van der Waals surface area contributed by atoms with Crippen LogP contribution in [0.25, 0.3) is 10.2 Å². The quantitative estimate of drug-likeness (QED) is 0.566. The summed E-state index contributed by atoms with van der Waals surface area (Å²) in [4.78, 5) is 26.2. The van der Waals surface area contributed by atoms with E-state index in [2.05, 4.69) is 44.6 Å². The van der Waals surface area contributed by atoms with E-state index in [9.17, 15) is 4.79 Å². The van der Waals surface area contributed by atoms with Crippen molar-refractivity contribution in [2.75, 3.05) is 5.75 Å². The zero-order valence-corrected chi connectivity index (χ0v) is 17.3. The first-order valence-electron chi connectivity index (χ1n) is 9.07. The van der Waals surface area contributed by atoms with Gasteiger partial charge in [0, 0.05) is 22.3 Å². The van der Waals surface area contributed by atoms with Crippen LogP contribution in [-0.4, -0.2) is 38.6 Å². The van der Waals surface area contributed by atoms with Crippen molar-refractivity contribution in [3.63, 3.8) is 0 Å². The van der Waals surface area contributed by atoms with Gasteiger partial charge in [-0.25, -0.2) is 9.97 Å².